The standard InChI is InChI=1S/C10H19N/c1-7-4-5-9-6-10(8(7)2)11(9)3/h7-10H,4-6H2,1-3H3/t7?,8?,9-,10?/m0/s1. The molecule has 1 heteroatoms. The molecule has 1 saturated carbocycles. The van der Waals surface area contributed by atoms with Crippen LogP contribution >= 0.6 is 0 Å². The fourth-order valence-electron chi connectivity index (χ4n) is 2.75. The number of fused-ring (bicyclic) bond motifs is 3. The minimum absolute atomic E-state index is 0.914. The van der Waals surface area contributed by atoms with Gasteiger partial charge in [0.1, 0.15) is 0 Å². The Bertz CT molecular complexity index is 149. The summed E-state index contributed by atoms with van der Waals surface area (Å²) in [6.07, 6.45) is 4.37. The van der Waals surface area contributed by atoms with Crippen molar-refractivity contribution in [3.8, 4) is 0 Å². The van der Waals surface area contributed by atoms with Gasteiger partial charge in [-0.05, 0) is 38.1 Å². The van der Waals surface area contributed by atoms with E-state index in [0.717, 1.165) is 23.9 Å². The summed E-state index contributed by atoms with van der Waals surface area (Å²) < 4.78 is 0. The molecule has 4 atom stereocenters. The van der Waals surface area contributed by atoms with Crippen LogP contribution < -0.4 is 0 Å². The first-order chi connectivity index (χ1) is 5.20. The van der Waals surface area contributed by atoms with Crippen molar-refractivity contribution in [1.82, 2.24) is 4.90 Å². The molecule has 2 heterocycles. The van der Waals surface area contributed by atoms with E-state index in [1.165, 1.54) is 19.3 Å². The van der Waals surface area contributed by atoms with Gasteiger partial charge >= 0.3 is 0 Å². The van der Waals surface area contributed by atoms with Gasteiger partial charge in [0.2, 0.25) is 0 Å². The van der Waals surface area contributed by atoms with Crippen LogP contribution in [0.15, 0.2) is 0 Å². The lowest BCUT2D eigenvalue weighted by Gasteiger charge is -2.47. The van der Waals surface area contributed by atoms with E-state index in [1.807, 2.05) is 0 Å². The summed E-state index contributed by atoms with van der Waals surface area (Å²) in [7, 11) is 2.30. The maximum atomic E-state index is 2.59. The Hall–Kier alpha value is -0.0400. The summed E-state index contributed by atoms with van der Waals surface area (Å²) in [5.41, 5.74) is 0. The van der Waals surface area contributed by atoms with Gasteiger partial charge < -0.3 is 4.90 Å². The lowest BCUT2D eigenvalue weighted by Crippen LogP contribution is -2.54. The van der Waals surface area contributed by atoms with Gasteiger partial charge in [-0.25, -0.2) is 0 Å². The minimum atomic E-state index is 0.914. The van der Waals surface area contributed by atoms with Crippen LogP contribution in [0.1, 0.15) is 33.1 Å². The Morgan fingerprint density at radius 2 is 1.91 bits per heavy atom. The van der Waals surface area contributed by atoms with Crippen molar-refractivity contribution in [2.45, 2.75) is 45.2 Å². The summed E-state index contributed by atoms with van der Waals surface area (Å²) in [6.45, 7) is 4.84. The molecule has 64 valence electrons. The minimum Gasteiger partial charge on any atom is -0.300 e. The van der Waals surface area contributed by atoms with Crippen LogP contribution in [0.4, 0.5) is 0 Å². The third-order valence-corrected chi connectivity index (χ3v) is 4.07. The van der Waals surface area contributed by atoms with Gasteiger partial charge in [-0.15, -0.1) is 0 Å². The Balaban J connectivity index is 2.10. The summed E-state index contributed by atoms with van der Waals surface area (Å²) in [5, 5.41) is 0. The Morgan fingerprint density at radius 1 is 1.18 bits per heavy atom. The lowest BCUT2D eigenvalue weighted by molar-refractivity contribution is 0.0175. The molecule has 2 saturated heterocycles. The molecule has 3 rings (SSSR count). The summed E-state index contributed by atoms with van der Waals surface area (Å²) in [4.78, 5) is 2.59. The van der Waals surface area contributed by atoms with Crippen molar-refractivity contribution >= 4 is 0 Å². The molecule has 1 nitrogen and oxygen atoms in total. The molecule has 0 aromatic carbocycles. The number of nitrogens with zero attached hydrogens (tertiary/aromatic N) is 1. The molecule has 3 aliphatic rings. The number of rotatable bonds is 0. The second kappa shape index (κ2) is 2.48. The van der Waals surface area contributed by atoms with Crippen LogP contribution in [-0.2, 0) is 0 Å². The first kappa shape index (κ1) is 7.60. The largest absolute Gasteiger partial charge is 0.300 e. The molecule has 11 heavy (non-hydrogen) atoms. The zero-order valence-corrected chi connectivity index (χ0v) is 7.88. The van der Waals surface area contributed by atoms with Gasteiger partial charge in [-0.1, -0.05) is 13.8 Å². The van der Waals surface area contributed by atoms with Gasteiger partial charge in [0.05, 0.1) is 0 Å². The average molecular weight is 153 g/mol. The molecule has 3 unspecified atom stereocenters. The Kier molecular flexibility index (Phi) is 1.71. The summed E-state index contributed by atoms with van der Waals surface area (Å²) in [5.74, 6) is 1.88. The smallest absolute Gasteiger partial charge is 0.0138 e. The monoisotopic (exact) mass is 153 g/mol. The third-order valence-electron chi connectivity index (χ3n) is 4.07. The predicted octanol–water partition coefficient (Wildman–Crippen LogP) is 2.13. The van der Waals surface area contributed by atoms with Gasteiger partial charge in [-0.2, -0.15) is 0 Å². The van der Waals surface area contributed by atoms with Crippen molar-refractivity contribution in [3.63, 3.8) is 0 Å². The van der Waals surface area contributed by atoms with Crippen LogP contribution in [-0.4, -0.2) is 24.0 Å². The van der Waals surface area contributed by atoms with E-state index in [1.54, 1.807) is 0 Å². The predicted molar refractivity (Wildman–Crippen MR) is 47.5 cm³/mol. The van der Waals surface area contributed by atoms with E-state index >= 15 is 0 Å². The molecular formula is C10H19N. The normalized spacial score (nSPS) is 51.5. The van der Waals surface area contributed by atoms with Crippen molar-refractivity contribution in [1.29, 1.82) is 0 Å². The first-order valence-electron chi connectivity index (χ1n) is 4.92. The molecule has 1 aliphatic carbocycles. The van der Waals surface area contributed by atoms with Crippen LogP contribution in [0.5, 0.6) is 0 Å². The van der Waals surface area contributed by atoms with Crippen LogP contribution in [0.2, 0.25) is 0 Å². The van der Waals surface area contributed by atoms with E-state index in [4.69, 9.17) is 0 Å². The number of hydrogen-bond donors (Lipinski definition) is 0. The highest BCUT2D eigenvalue weighted by Crippen LogP contribution is 2.40. The highest BCUT2D eigenvalue weighted by molar-refractivity contribution is 4.97. The van der Waals surface area contributed by atoms with E-state index in [9.17, 15) is 0 Å². The van der Waals surface area contributed by atoms with Gasteiger partial charge in [0.15, 0.2) is 0 Å². The fraction of sp³-hybridized carbons (Fsp3) is 1.00. The maximum absolute atomic E-state index is 2.59. The SMILES string of the molecule is CC1CC[C@H]2CC(C1C)N2C. The van der Waals surface area contributed by atoms with Gasteiger partial charge in [0, 0.05) is 12.1 Å². The third kappa shape index (κ3) is 1.01. The molecule has 0 radical (unpaired) electrons. The molecule has 0 N–H and O–H groups in total. The van der Waals surface area contributed by atoms with E-state index in [-0.39, 0.29) is 0 Å². The maximum Gasteiger partial charge on any atom is 0.0138 e. The van der Waals surface area contributed by atoms with Gasteiger partial charge in [0.25, 0.3) is 0 Å². The zero-order chi connectivity index (χ0) is 8.01. The molecule has 2 aliphatic heterocycles. The topological polar surface area (TPSA) is 3.24 Å². The molecule has 0 aromatic heterocycles. The molecule has 2 bridgehead atoms. The molecular weight excluding hydrogens is 134 g/mol. The van der Waals surface area contributed by atoms with Crippen LogP contribution in [0.25, 0.3) is 0 Å². The average Bonchev–Trinajstić information content (AvgIpc) is 2.17. The van der Waals surface area contributed by atoms with Crippen molar-refractivity contribution < 1.29 is 0 Å². The van der Waals surface area contributed by atoms with E-state index in [0.29, 0.717) is 0 Å². The molecule has 0 amide bonds. The van der Waals surface area contributed by atoms with Crippen molar-refractivity contribution in [2.24, 2.45) is 11.8 Å². The van der Waals surface area contributed by atoms with Crippen LogP contribution in [0.3, 0.4) is 0 Å². The molecule has 0 spiro atoms. The Labute approximate surface area is 69.8 Å². The first-order valence-corrected chi connectivity index (χ1v) is 4.92. The fourth-order valence-corrected chi connectivity index (χ4v) is 2.75. The second-order valence-electron chi connectivity index (χ2n) is 4.54. The highest BCUT2D eigenvalue weighted by atomic mass is 15.2. The van der Waals surface area contributed by atoms with E-state index < -0.39 is 0 Å². The molecule has 3 fully saturated rings. The Morgan fingerprint density at radius 3 is 2.55 bits per heavy atom. The quantitative estimate of drug-likeness (QED) is 0.515. The van der Waals surface area contributed by atoms with Crippen molar-refractivity contribution in [2.75, 3.05) is 7.05 Å². The van der Waals surface area contributed by atoms with Gasteiger partial charge in [-0.3, -0.25) is 0 Å². The van der Waals surface area contributed by atoms with Crippen molar-refractivity contribution in [3.05, 3.63) is 0 Å². The highest BCUT2D eigenvalue weighted by Gasteiger charge is 2.42. The van der Waals surface area contributed by atoms with Crippen LogP contribution in [0, 0.1) is 11.8 Å². The molecule has 0 aromatic rings. The van der Waals surface area contributed by atoms with E-state index in [2.05, 4.69) is 25.8 Å². The number of hydrogen-bond acceptors (Lipinski definition) is 1. The second-order valence-corrected chi connectivity index (χ2v) is 4.54. The summed E-state index contributed by atoms with van der Waals surface area (Å²) >= 11 is 0. The lowest BCUT2D eigenvalue weighted by atomic mass is 9.83. The summed E-state index contributed by atoms with van der Waals surface area (Å²) in [6, 6.07) is 1.85. The zero-order valence-electron chi connectivity index (χ0n) is 7.88.